The lowest BCUT2D eigenvalue weighted by Crippen LogP contribution is -2.25. The molecule has 0 aromatic heterocycles. The molecule has 48 valence electrons. The van der Waals surface area contributed by atoms with Crippen molar-refractivity contribution in [3.05, 3.63) is 0 Å². The van der Waals surface area contributed by atoms with Crippen LogP contribution in [0.4, 0.5) is 0 Å². The minimum Gasteiger partial charge on any atom is -0.392 e. The maximum atomic E-state index is 8.77. The molecule has 1 aliphatic carbocycles. The predicted molar refractivity (Wildman–Crippen MR) is 32.7 cm³/mol. The van der Waals surface area contributed by atoms with E-state index in [1.54, 1.807) is 6.92 Å². The number of rotatable bonds is 3. The summed E-state index contributed by atoms with van der Waals surface area (Å²) in [7, 11) is 0. The first kappa shape index (κ1) is 6.05. The highest BCUT2D eigenvalue weighted by Crippen LogP contribution is 2.18. The van der Waals surface area contributed by atoms with Crippen LogP contribution in [0.15, 0.2) is 0 Å². The average molecular weight is 115 g/mol. The van der Waals surface area contributed by atoms with Crippen molar-refractivity contribution in [3.8, 4) is 0 Å². The molecule has 2 nitrogen and oxygen atoms in total. The highest BCUT2D eigenvalue weighted by Gasteiger charge is 2.20. The number of hydrogen-bond acceptors (Lipinski definition) is 2. The number of nitrogens with one attached hydrogen (secondary N) is 1. The molecule has 1 fully saturated rings. The van der Waals surface area contributed by atoms with Crippen molar-refractivity contribution in [3.63, 3.8) is 0 Å². The van der Waals surface area contributed by atoms with Gasteiger partial charge < -0.3 is 10.4 Å². The molecule has 0 aromatic carbocycles. The summed E-state index contributed by atoms with van der Waals surface area (Å²) in [5.74, 6) is 0. The molecule has 1 saturated carbocycles. The van der Waals surface area contributed by atoms with Gasteiger partial charge in [0.2, 0.25) is 0 Å². The molecule has 0 aromatic rings. The van der Waals surface area contributed by atoms with Gasteiger partial charge in [-0.25, -0.2) is 0 Å². The van der Waals surface area contributed by atoms with Gasteiger partial charge in [0.05, 0.1) is 6.10 Å². The topological polar surface area (TPSA) is 32.3 Å². The van der Waals surface area contributed by atoms with Crippen LogP contribution in [0.1, 0.15) is 19.8 Å². The van der Waals surface area contributed by atoms with Gasteiger partial charge in [-0.05, 0) is 19.8 Å². The Morgan fingerprint density at radius 1 is 1.75 bits per heavy atom. The first-order chi connectivity index (χ1) is 3.79. The fraction of sp³-hybridized carbons (Fsp3) is 1.00. The molecule has 0 radical (unpaired) electrons. The Morgan fingerprint density at radius 2 is 2.38 bits per heavy atom. The lowest BCUT2D eigenvalue weighted by atomic mass is 10.4. The van der Waals surface area contributed by atoms with Gasteiger partial charge in [-0.2, -0.15) is 0 Å². The molecule has 0 aliphatic heterocycles. The summed E-state index contributed by atoms with van der Waals surface area (Å²) >= 11 is 0. The van der Waals surface area contributed by atoms with Gasteiger partial charge in [-0.1, -0.05) is 0 Å². The van der Waals surface area contributed by atoms with E-state index in [0.29, 0.717) is 0 Å². The van der Waals surface area contributed by atoms with E-state index in [2.05, 4.69) is 5.32 Å². The van der Waals surface area contributed by atoms with Crippen molar-refractivity contribution >= 4 is 0 Å². The highest BCUT2D eigenvalue weighted by molar-refractivity contribution is 4.81. The molecule has 0 spiro atoms. The zero-order chi connectivity index (χ0) is 5.98. The summed E-state index contributed by atoms with van der Waals surface area (Å²) in [5.41, 5.74) is 0. The number of aliphatic hydroxyl groups is 1. The second-order valence-corrected chi connectivity index (χ2v) is 2.53. The Labute approximate surface area is 49.9 Å². The van der Waals surface area contributed by atoms with Crippen LogP contribution in [0.2, 0.25) is 0 Å². The van der Waals surface area contributed by atoms with Crippen LogP contribution in [0, 0.1) is 0 Å². The van der Waals surface area contributed by atoms with Gasteiger partial charge in [-0.15, -0.1) is 0 Å². The molecule has 1 rings (SSSR count). The van der Waals surface area contributed by atoms with Crippen LogP contribution in [-0.4, -0.2) is 23.8 Å². The lowest BCUT2D eigenvalue weighted by Gasteiger charge is -2.02. The van der Waals surface area contributed by atoms with Gasteiger partial charge in [0.15, 0.2) is 0 Å². The summed E-state index contributed by atoms with van der Waals surface area (Å²) < 4.78 is 0. The molecular weight excluding hydrogens is 102 g/mol. The molecule has 0 amide bonds. The van der Waals surface area contributed by atoms with Gasteiger partial charge in [0.1, 0.15) is 0 Å². The van der Waals surface area contributed by atoms with Crippen molar-refractivity contribution in [1.82, 2.24) is 5.32 Å². The van der Waals surface area contributed by atoms with E-state index in [0.717, 1.165) is 12.6 Å². The Hall–Kier alpha value is -0.0800. The number of hydrogen-bond donors (Lipinski definition) is 2. The molecule has 8 heavy (non-hydrogen) atoms. The summed E-state index contributed by atoms with van der Waals surface area (Å²) in [4.78, 5) is 0. The Kier molecular flexibility index (Phi) is 1.86. The molecule has 0 heterocycles. The van der Waals surface area contributed by atoms with E-state index in [1.807, 2.05) is 0 Å². The summed E-state index contributed by atoms with van der Waals surface area (Å²) in [6, 6.07) is 0.726. The number of aliphatic hydroxyl groups excluding tert-OH is 1. The first-order valence-corrected chi connectivity index (χ1v) is 3.20. The van der Waals surface area contributed by atoms with E-state index in [1.165, 1.54) is 12.8 Å². The Morgan fingerprint density at radius 3 is 2.75 bits per heavy atom. The SMILES string of the molecule is C[C@H](O)CNC1CC1. The van der Waals surface area contributed by atoms with E-state index >= 15 is 0 Å². The third-order valence-corrected chi connectivity index (χ3v) is 1.28. The Balaban J connectivity index is 1.87. The van der Waals surface area contributed by atoms with Crippen LogP contribution in [-0.2, 0) is 0 Å². The molecule has 1 aliphatic rings. The summed E-state index contributed by atoms with van der Waals surface area (Å²) in [6.45, 7) is 2.56. The standard InChI is InChI=1S/C6H13NO/c1-5(8)4-7-6-2-3-6/h5-8H,2-4H2,1H3/t5-/m0/s1. The van der Waals surface area contributed by atoms with Crippen LogP contribution in [0.25, 0.3) is 0 Å². The van der Waals surface area contributed by atoms with Crippen molar-refractivity contribution in [1.29, 1.82) is 0 Å². The fourth-order valence-corrected chi connectivity index (χ4v) is 0.625. The van der Waals surface area contributed by atoms with Gasteiger partial charge in [-0.3, -0.25) is 0 Å². The van der Waals surface area contributed by atoms with Crippen molar-refractivity contribution in [2.45, 2.75) is 31.9 Å². The quantitative estimate of drug-likeness (QED) is 0.547. The first-order valence-electron chi connectivity index (χ1n) is 3.20. The minimum atomic E-state index is -0.185. The minimum absolute atomic E-state index is 0.185. The zero-order valence-electron chi connectivity index (χ0n) is 5.22. The highest BCUT2D eigenvalue weighted by atomic mass is 16.3. The van der Waals surface area contributed by atoms with E-state index in [9.17, 15) is 0 Å². The maximum absolute atomic E-state index is 8.77. The average Bonchev–Trinajstić information content (AvgIpc) is 2.41. The van der Waals surface area contributed by atoms with Crippen LogP contribution < -0.4 is 5.32 Å². The normalized spacial score (nSPS) is 23.2. The van der Waals surface area contributed by atoms with Crippen LogP contribution in [0.3, 0.4) is 0 Å². The molecule has 0 bridgehead atoms. The van der Waals surface area contributed by atoms with Crippen molar-refractivity contribution < 1.29 is 5.11 Å². The van der Waals surface area contributed by atoms with Crippen molar-refractivity contribution in [2.75, 3.05) is 6.54 Å². The maximum Gasteiger partial charge on any atom is 0.0636 e. The van der Waals surface area contributed by atoms with E-state index in [4.69, 9.17) is 5.11 Å². The van der Waals surface area contributed by atoms with Gasteiger partial charge in [0.25, 0.3) is 0 Å². The molecule has 0 saturated heterocycles. The monoisotopic (exact) mass is 115 g/mol. The van der Waals surface area contributed by atoms with Crippen LogP contribution >= 0.6 is 0 Å². The Bertz CT molecular complexity index is 66.9. The van der Waals surface area contributed by atoms with Gasteiger partial charge in [0, 0.05) is 12.6 Å². The third-order valence-electron chi connectivity index (χ3n) is 1.28. The van der Waals surface area contributed by atoms with E-state index < -0.39 is 0 Å². The second kappa shape index (κ2) is 2.46. The van der Waals surface area contributed by atoms with Gasteiger partial charge >= 0.3 is 0 Å². The smallest absolute Gasteiger partial charge is 0.0636 e. The second-order valence-electron chi connectivity index (χ2n) is 2.53. The lowest BCUT2D eigenvalue weighted by molar-refractivity contribution is 0.191. The van der Waals surface area contributed by atoms with Crippen molar-refractivity contribution in [2.24, 2.45) is 0 Å². The van der Waals surface area contributed by atoms with Crippen LogP contribution in [0.5, 0.6) is 0 Å². The third kappa shape index (κ3) is 2.28. The molecule has 2 heteroatoms. The summed E-state index contributed by atoms with van der Waals surface area (Å²) in [5, 5.41) is 12.0. The zero-order valence-corrected chi connectivity index (χ0v) is 5.22. The molecule has 0 unspecified atom stereocenters. The molecule has 1 atom stereocenters. The summed E-state index contributed by atoms with van der Waals surface area (Å²) in [6.07, 6.45) is 2.41. The van der Waals surface area contributed by atoms with E-state index in [-0.39, 0.29) is 6.10 Å². The predicted octanol–water partition coefficient (Wildman–Crippen LogP) is 0.119. The molecule has 2 N–H and O–H groups in total. The largest absolute Gasteiger partial charge is 0.392 e. The molecular formula is C6H13NO. The fourth-order valence-electron chi connectivity index (χ4n) is 0.625.